The fraction of sp³-hybridized carbons (Fsp3) is 0.333. The summed E-state index contributed by atoms with van der Waals surface area (Å²) >= 11 is 0. The molecule has 0 bridgehead atoms. The zero-order chi connectivity index (χ0) is 12.1. The summed E-state index contributed by atoms with van der Waals surface area (Å²) in [5, 5.41) is 8.75. The minimum Gasteiger partial charge on any atom is -0.481 e. The lowest BCUT2D eigenvalue weighted by atomic mass is 10.0. The summed E-state index contributed by atoms with van der Waals surface area (Å²) in [6.07, 6.45) is 0.468. The van der Waals surface area contributed by atoms with Crippen LogP contribution in [0.3, 0.4) is 0 Å². The summed E-state index contributed by atoms with van der Waals surface area (Å²) in [5.41, 5.74) is 0.908. The van der Waals surface area contributed by atoms with Gasteiger partial charge in [-0.3, -0.25) is 9.59 Å². The smallest absolute Gasteiger partial charge is 0.308 e. The van der Waals surface area contributed by atoms with Crippen molar-refractivity contribution < 1.29 is 19.4 Å². The highest BCUT2D eigenvalue weighted by atomic mass is 16.5. The van der Waals surface area contributed by atoms with Crippen LogP contribution in [-0.4, -0.2) is 17.0 Å². The van der Waals surface area contributed by atoms with E-state index in [2.05, 4.69) is 0 Å². The van der Waals surface area contributed by atoms with E-state index in [9.17, 15) is 9.59 Å². The van der Waals surface area contributed by atoms with Crippen LogP contribution in [-0.2, 0) is 16.0 Å². The van der Waals surface area contributed by atoms with Gasteiger partial charge in [0.15, 0.2) is 0 Å². The average molecular weight is 222 g/mol. The number of hydrogen-bond donors (Lipinski definition) is 1. The van der Waals surface area contributed by atoms with Crippen LogP contribution >= 0.6 is 0 Å². The van der Waals surface area contributed by atoms with Crippen LogP contribution in [0.5, 0.6) is 5.75 Å². The summed E-state index contributed by atoms with van der Waals surface area (Å²) < 4.78 is 4.87. The minimum absolute atomic E-state index is 0.369. The molecule has 0 amide bonds. The summed E-state index contributed by atoms with van der Waals surface area (Å²) in [5.74, 6) is -1.13. The molecule has 0 fully saturated rings. The molecule has 1 rings (SSSR count). The number of carboxylic acids is 1. The Kier molecular flexibility index (Phi) is 4.05. The number of carboxylic acid groups (broad SMARTS) is 1. The molecule has 0 heterocycles. The maximum atomic E-state index is 10.7. The molecular weight excluding hydrogens is 208 g/mol. The number of carbonyl (C=O) groups excluding carboxylic acids is 1. The van der Waals surface area contributed by atoms with E-state index in [0.29, 0.717) is 12.2 Å². The molecule has 1 aromatic rings. The molecule has 1 unspecified atom stereocenters. The van der Waals surface area contributed by atoms with E-state index in [1.54, 1.807) is 31.2 Å². The Balaban J connectivity index is 2.64. The molecule has 0 saturated carbocycles. The quantitative estimate of drug-likeness (QED) is 0.624. The monoisotopic (exact) mass is 222 g/mol. The van der Waals surface area contributed by atoms with E-state index in [1.807, 2.05) is 0 Å². The van der Waals surface area contributed by atoms with Gasteiger partial charge in [0.05, 0.1) is 5.92 Å². The molecule has 16 heavy (non-hydrogen) atoms. The lowest BCUT2D eigenvalue weighted by Gasteiger charge is -2.07. The van der Waals surface area contributed by atoms with Gasteiger partial charge in [-0.25, -0.2) is 0 Å². The fourth-order valence-corrected chi connectivity index (χ4v) is 1.30. The van der Waals surface area contributed by atoms with Crippen molar-refractivity contribution in [2.45, 2.75) is 20.3 Å². The zero-order valence-electron chi connectivity index (χ0n) is 9.27. The van der Waals surface area contributed by atoms with E-state index in [4.69, 9.17) is 9.84 Å². The molecule has 0 radical (unpaired) electrons. The highest BCUT2D eigenvalue weighted by molar-refractivity contribution is 5.70. The van der Waals surface area contributed by atoms with Crippen molar-refractivity contribution in [1.82, 2.24) is 0 Å². The second-order valence-corrected chi connectivity index (χ2v) is 3.68. The van der Waals surface area contributed by atoms with Crippen molar-refractivity contribution in [3.8, 4) is 5.75 Å². The summed E-state index contributed by atoms with van der Waals surface area (Å²) in [6.45, 7) is 2.99. The Morgan fingerprint density at radius 1 is 1.31 bits per heavy atom. The molecule has 0 aromatic heterocycles. The molecule has 0 aliphatic rings. The van der Waals surface area contributed by atoms with Gasteiger partial charge in [0, 0.05) is 6.92 Å². The number of benzene rings is 1. The molecule has 4 nitrogen and oxygen atoms in total. The Hall–Kier alpha value is -1.84. The average Bonchev–Trinajstić information content (AvgIpc) is 2.20. The Morgan fingerprint density at radius 2 is 1.88 bits per heavy atom. The van der Waals surface area contributed by atoms with Gasteiger partial charge in [0.25, 0.3) is 0 Å². The number of aliphatic carboxylic acids is 1. The largest absolute Gasteiger partial charge is 0.481 e. The molecule has 1 aromatic carbocycles. The maximum Gasteiger partial charge on any atom is 0.308 e. The van der Waals surface area contributed by atoms with Gasteiger partial charge in [-0.15, -0.1) is 0 Å². The molecular formula is C12H14O4. The molecule has 0 saturated heterocycles. The highest BCUT2D eigenvalue weighted by Gasteiger charge is 2.11. The van der Waals surface area contributed by atoms with Crippen LogP contribution in [0.2, 0.25) is 0 Å². The first-order chi connectivity index (χ1) is 7.49. The van der Waals surface area contributed by atoms with Crippen molar-refractivity contribution in [3.63, 3.8) is 0 Å². The topological polar surface area (TPSA) is 63.6 Å². The van der Waals surface area contributed by atoms with Crippen LogP contribution in [0.1, 0.15) is 19.4 Å². The summed E-state index contributed by atoms with van der Waals surface area (Å²) in [7, 11) is 0. The standard InChI is InChI=1S/C12H14O4/c1-8(12(14)15)7-10-3-5-11(6-4-10)16-9(2)13/h3-6,8H,7H2,1-2H3,(H,14,15). The molecule has 86 valence electrons. The third-order valence-electron chi connectivity index (χ3n) is 2.15. The molecule has 4 heteroatoms. The molecule has 0 spiro atoms. The number of carbonyl (C=O) groups is 2. The van der Waals surface area contributed by atoms with E-state index in [1.165, 1.54) is 6.92 Å². The fourth-order valence-electron chi connectivity index (χ4n) is 1.30. The van der Waals surface area contributed by atoms with E-state index in [0.717, 1.165) is 5.56 Å². The first kappa shape index (κ1) is 12.2. The lowest BCUT2D eigenvalue weighted by molar-refractivity contribution is -0.141. The van der Waals surface area contributed by atoms with Gasteiger partial charge >= 0.3 is 11.9 Å². The normalized spacial score (nSPS) is 11.9. The van der Waals surface area contributed by atoms with Gasteiger partial charge in [-0.2, -0.15) is 0 Å². The van der Waals surface area contributed by atoms with Crippen LogP contribution in [0.25, 0.3) is 0 Å². The molecule has 0 aliphatic carbocycles. The Bertz CT molecular complexity index is 381. The van der Waals surface area contributed by atoms with Gasteiger partial charge in [-0.05, 0) is 24.1 Å². The zero-order valence-corrected chi connectivity index (χ0v) is 9.27. The predicted molar refractivity (Wildman–Crippen MR) is 58.3 cm³/mol. The summed E-state index contributed by atoms with van der Waals surface area (Å²) in [6, 6.07) is 6.84. The predicted octanol–water partition coefficient (Wildman–Crippen LogP) is 1.88. The third kappa shape index (κ3) is 3.73. The van der Waals surface area contributed by atoms with E-state index < -0.39 is 11.9 Å². The Labute approximate surface area is 93.9 Å². The van der Waals surface area contributed by atoms with Crippen molar-refractivity contribution in [2.24, 2.45) is 5.92 Å². The van der Waals surface area contributed by atoms with Crippen LogP contribution in [0.15, 0.2) is 24.3 Å². The second kappa shape index (κ2) is 5.30. The van der Waals surface area contributed by atoms with Gasteiger partial charge in [0.2, 0.25) is 0 Å². The van der Waals surface area contributed by atoms with Gasteiger partial charge < -0.3 is 9.84 Å². The first-order valence-electron chi connectivity index (χ1n) is 4.99. The number of hydrogen-bond acceptors (Lipinski definition) is 3. The highest BCUT2D eigenvalue weighted by Crippen LogP contribution is 2.15. The SMILES string of the molecule is CC(=O)Oc1ccc(CC(C)C(=O)O)cc1. The molecule has 0 aliphatic heterocycles. The number of rotatable bonds is 4. The molecule has 1 N–H and O–H groups in total. The minimum atomic E-state index is -0.816. The number of esters is 1. The van der Waals surface area contributed by atoms with Crippen LogP contribution in [0, 0.1) is 5.92 Å². The van der Waals surface area contributed by atoms with E-state index >= 15 is 0 Å². The van der Waals surface area contributed by atoms with Crippen molar-refractivity contribution in [3.05, 3.63) is 29.8 Å². The third-order valence-corrected chi connectivity index (χ3v) is 2.15. The maximum absolute atomic E-state index is 10.7. The molecule has 1 atom stereocenters. The Morgan fingerprint density at radius 3 is 2.31 bits per heavy atom. The van der Waals surface area contributed by atoms with Crippen molar-refractivity contribution in [2.75, 3.05) is 0 Å². The van der Waals surface area contributed by atoms with Crippen LogP contribution in [0.4, 0.5) is 0 Å². The van der Waals surface area contributed by atoms with Gasteiger partial charge in [-0.1, -0.05) is 19.1 Å². The van der Waals surface area contributed by atoms with Gasteiger partial charge in [0.1, 0.15) is 5.75 Å². The lowest BCUT2D eigenvalue weighted by Crippen LogP contribution is -2.12. The first-order valence-corrected chi connectivity index (χ1v) is 4.99. The van der Waals surface area contributed by atoms with Crippen molar-refractivity contribution in [1.29, 1.82) is 0 Å². The summed E-state index contributed by atoms with van der Waals surface area (Å²) in [4.78, 5) is 21.3. The van der Waals surface area contributed by atoms with Crippen LogP contribution < -0.4 is 4.74 Å². The van der Waals surface area contributed by atoms with E-state index in [-0.39, 0.29) is 5.97 Å². The number of ether oxygens (including phenoxy) is 1. The van der Waals surface area contributed by atoms with Crippen molar-refractivity contribution >= 4 is 11.9 Å². The second-order valence-electron chi connectivity index (χ2n) is 3.68.